The quantitative estimate of drug-likeness (QED) is 0.712. The Balaban J connectivity index is 1.53. The molecule has 0 bridgehead atoms. The largest absolute Gasteiger partial charge is 0.367 e. The van der Waals surface area contributed by atoms with E-state index >= 15 is 0 Å². The molecule has 1 fully saturated rings. The number of piperazine rings is 1. The third-order valence-electron chi connectivity index (χ3n) is 4.53. The molecule has 7 heteroatoms. The van der Waals surface area contributed by atoms with Gasteiger partial charge in [0.25, 0.3) is 0 Å². The molecule has 2 aromatic rings. The van der Waals surface area contributed by atoms with Crippen molar-refractivity contribution in [1.29, 1.82) is 0 Å². The Labute approximate surface area is 170 Å². The maximum absolute atomic E-state index is 12.4. The van der Waals surface area contributed by atoms with E-state index in [4.69, 9.17) is 11.6 Å². The van der Waals surface area contributed by atoms with Crippen molar-refractivity contribution in [3.63, 3.8) is 0 Å². The fraction of sp³-hybridized carbons (Fsp3) is 0.400. The number of pyridine rings is 1. The van der Waals surface area contributed by atoms with E-state index in [0.717, 1.165) is 54.8 Å². The molecule has 27 heavy (non-hydrogen) atoms. The van der Waals surface area contributed by atoms with Crippen molar-refractivity contribution < 1.29 is 4.79 Å². The summed E-state index contributed by atoms with van der Waals surface area (Å²) in [6.45, 7) is 3.92. The van der Waals surface area contributed by atoms with Crippen LogP contribution in [-0.4, -0.2) is 54.8 Å². The van der Waals surface area contributed by atoms with Gasteiger partial charge in [-0.3, -0.25) is 9.78 Å². The van der Waals surface area contributed by atoms with E-state index in [-0.39, 0.29) is 5.91 Å². The van der Waals surface area contributed by atoms with Gasteiger partial charge in [0.1, 0.15) is 0 Å². The zero-order valence-electron chi connectivity index (χ0n) is 15.5. The lowest BCUT2D eigenvalue weighted by atomic mass is 10.2. The van der Waals surface area contributed by atoms with Crippen LogP contribution in [0, 0.1) is 0 Å². The summed E-state index contributed by atoms with van der Waals surface area (Å²) in [5.74, 6) is 1.59. The van der Waals surface area contributed by atoms with E-state index in [9.17, 15) is 4.79 Å². The van der Waals surface area contributed by atoms with E-state index in [1.54, 1.807) is 18.0 Å². The Morgan fingerprint density at radius 1 is 1.22 bits per heavy atom. The van der Waals surface area contributed by atoms with Crippen LogP contribution >= 0.6 is 23.4 Å². The highest BCUT2D eigenvalue weighted by Gasteiger charge is 2.18. The number of carbonyl (C=O) groups excluding carboxylic acids is 1. The molecule has 1 amide bonds. The number of benzene rings is 1. The van der Waals surface area contributed by atoms with Gasteiger partial charge in [-0.15, -0.1) is 0 Å². The summed E-state index contributed by atoms with van der Waals surface area (Å²) in [6.07, 6.45) is 2.26. The maximum atomic E-state index is 12.4. The first kappa shape index (κ1) is 20.0. The van der Waals surface area contributed by atoms with Gasteiger partial charge in [0.2, 0.25) is 5.91 Å². The smallest absolute Gasteiger partial charge is 0.225 e. The lowest BCUT2D eigenvalue weighted by molar-refractivity contribution is -0.115. The SMILES string of the molecule is CN1CCN(c2ccc(Cl)cc2NC(=O)CCSCc2ccccn2)CC1. The van der Waals surface area contributed by atoms with Crippen LogP contribution in [0.4, 0.5) is 11.4 Å². The van der Waals surface area contributed by atoms with Crippen molar-refractivity contribution in [2.75, 3.05) is 49.2 Å². The lowest BCUT2D eigenvalue weighted by Gasteiger charge is -2.35. The number of hydrogen-bond donors (Lipinski definition) is 1. The van der Waals surface area contributed by atoms with Crippen molar-refractivity contribution in [2.45, 2.75) is 12.2 Å². The van der Waals surface area contributed by atoms with Crippen LogP contribution in [0.25, 0.3) is 0 Å². The van der Waals surface area contributed by atoms with Crippen molar-refractivity contribution in [3.05, 3.63) is 53.3 Å². The molecule has 144 valence electrons. The zero-order valence-corrected chi connectivity index (χ0v) is 17.1. The molecule has 3 rings (SSSR count). The molecule has 0 saturated carbocycles. The molecule has 0 atom stereocenters. The second-order valence-corrected chi connectivity index (χ2v) is 8.17. The summed E-state index contributed by atoms with van der Waals surface area (Å²) in [7, 11) is 2.13. The van der Waals surface area contributed by atoms with Crippen LogP contribution in [-0.2, 0) is 10.5 Å². The van der Waals surface area contributed by atoms with Crippen LogP contribution in [0.3, 0.4) is 0 Å². The Kier molecular flexibility index (Phi) is 7.38. The predicted octanol–water partition coefficient (Wildman–Crippen LogP) is 3.75. The van der Waals surface area contributed by atoms with Crippen LogP contribution in [0.1, 0.15) is 12.1 Å². The molecular weight excluding hydrogens is 380 g/mol. The van der Waals surface area contributed by atoms with Gasteiger partial charge in [-0.05, 0) is 37.4 Å². The van der Waals surface area contributed by atoms with Gasteiger partial charge in [0.15, 0.2) is 0 Å². The van der Waals surface area contributed by atoms with Crippen LogP contribution in [0.5, 0.6) is 0 Å². The average Bonchev–Trinajstić information content (AvgIpc) is 2.67. The molecule has 2 heterocycles. The summed E-state index contributed by atoms with van der Waals surface area (Å²) < 4.78 is 0. The molecule has 0 spiro atoms. The maximum Gasteiger partial charge on any atom is 0.225 e. The highest BCUT2D eigenvalue weighted by atomic mass is 35.5. The summed E-state index contributed by atoms with van der Waals surface area (Å²) in [6, 6.07) is 11.6. The zero-order chi connectivity index (χ0) is 19.1. The van der Waals surface area contributed by atoms with E-state index < -0.39 is 0 Å². The second-order valence-electron chi connectivity index (χ2n) is 6.62. The Morgan fingerprint density at radius 3 is 2.78 bits per heavy atom. The number of thioether (sulfide) groups is 1. The van der Waals surface area contributed by atoms with Gasteiger partial charge in [-0.2, -0.15) is 11.8 Å². The van der Waals surface area contributed by atoms with E-state index in [2.05, 4.69) is 27.1 Å². The number of aromatic nitrogens is 1. The molecule has 0 aliphatic carbocycles. The van der Waals surface area contributed by atoms with Gasteiger partial charge in [0, 0.05) is 55.3 Å². The van der Waals surface area contributed by atoms with E-state index in [1.807, 2.05) is 36.4 Å². The van der Waals surface area contributed by atoms with Crippen molar-refractivity contribution in [2.24, 2.45) is 0 Å². The first-order valence-electron chi connectivity index (χ1n) is 9.12. The van der Waals surface area contributed by atoms with Crippen molar-refractivity contribution in [3.8, 4) is 0 Å². The number of nitrogens with one attached hydrogen (secondary N) is 1. The fourth-order valence-electron chi connectivity index (χ4n) is 2.97. The summed E-state index contributed by atoms with van der Waals surface area (Å²) in [4.78, 5) is 21.3. The summed E-state index contributed by atoms with van der Waals surface area (Å²) in [5.41, 5.74) is 2.88. The van der Waals surface area contributed by atoms with Gasteiger partial charge in [0.05, 0.1) is 17.1 Å². The predicted molar refractivity (Wildman–Crippen MR) is 115 cm³/mol. The Bertz CT molecular complexity index is 751. The fourth-order valence-corrected chi connectivity index (χ4v) is 4.00. The number of carbonyl (C=O) groups is 1. The third kappa shape index (κ3) is 6.13. The number of halogens is 1. The molecule has 5 nitrogen and oxygen atoms in total. The number of rotatable bonds is 7. The number of nitrogens with zero attached hydrogens (tertiary/aromatic N) is 3. The molecular formula is C20H25ClN4OS. The molecule has 0 unspecified atom stereocenters. The third-order valence-corrected chi connectivity index (χ3v) is 5.75. The van der Waals surface area contributed by atoms with E-state index in [1.165, 1.54) is 0 Å². The molecule has 1 aliphatic heterocycles. The highest BCUT2D eigenvalue weighted by molar-refractivity contribution is 7.98. The average molecular weight is 405 g/mol. The monoisotopic (exact) mass is 404 g/mol. The lowest BCUT2D eigenvalue weighted by Crippen LogP contribution is -2.44. The van der Waals surface area contributed by atoms with Crippen molar-refractivity contribution in [1.82, 2.24) is 9.88 Å². The second kappa shape index (κ2) is 9.97. The molecule has 1 N–H and O–H groups in total. The summed E-state index contributed by atoms with van der Waals surface area (Å²) >= 11 is 7.88. The standard InChI is InChI=1S/C20H25ClN4OS/c1-24-9-11-25(12-10-24)19-6-5-16(21)14-18(19)23-20(26)7-13-27-15-17-4-2-3-8-22-17/h2-6,8,14H,7,9-13,15H2,1H3,(H,23,26). The molecule has 0 radical (unpaired) electrons. The minimum atomic E-state index is 0.0150. The first-order valence-corrected chi connectivity index (χ1v) is 10.7. The van der Waals surface area contributed by atoms with E-state index in [0.29, 0.717) is 11.4 Å². The normalized spacial score (nSPS) is 15.0. The van der Waals surface area contributed by atoms with Crippen LogP contribution in [0.2, 0.25) is 5.02 Å². The van der Waals surface area contributed by atoms with Crippen molar-refractivity contribution >= 4 is 40.6 Å². The number of amides is 1. The molecule has 1 aromatic carbocycles. The first-order chi connectivity index (χ1) is 13.1. The molecule has 1 aliphatic rings. The molecule has 1 aromatic heterocycles. The van der Waals surface area contributed by atoms with Gasteiger partial charge in [-0.1, -0.05) is 17.7 Å². The Hall–Kier alpha value is -1.76. The van der Waals surface area contributed by atoms with Gasteiger partial charge in [-0.25, -0.2) is 0 Å². The van der Waals surface area contributed by atoms with Gasteiger partial charge < -0.3 is 15.1 Å². The van der Waals surface area contributed by atoms with Crippen LogP contribution < -0.4 is 10.2 Å². The Morgan fingerprint density at radius 2 is 2.04 bits per heavy atom. The van der Waals surface area contributed by atoms with Gasteiger partial charge >= 0.3 is 0 Å². The number of anilines is 2. The summed E-state index contributed by atoms with van der Waals surface area (Å²) in [5, 5.41) is 3.68. The highest BCUT2D eigenvalue weighted by Crippen LogP contribution is 2.30. The topological polar surface area (TPSA) is 48.5 Å². The number of likely N-dealkylation sites (N-methyl/N-ethyl adjacent to an activating group) is 1. The minimum Gasteiger partial charge on any atom is -0.367 e. The minimum absolute atomic E-state index is 0.0150. The molecule has 1 saturated heterocycles. The number of hydrogen-bond acceptors (Lipinski definition) is 5. The van der Waals surface area contributed by atoms with Crippen LogP contribution in [0.15, 0.2) is 42.6 Å².